The molecule has 1 aromatic rings. The van der Waals surface area contributed by atoms with Gasteiger partial charge in [-0.3, -0.25) is 9.59 Å². The lowest BCUT2D eigenvalue weighted by atomic mass is 9.53. The number of amides is 4. The first-order valence-electron chi connectivity index (χ1n) is 13.6. The lowest BCUT2D eigenvalue weighted by Gasteiger charge is -2.56. The molecule has 36 heavy (non-hydrogen) atoms. The summed E-state index contributed by atoms with van der Waals surface area (Å²) in [6.45, 7) is 3.41. The number of piperidine rings is 1. The van der Waals surface area contributed by atoms with Crippen LogP contribution in [0.3, 0.4) is 0 Å². The van der Waals surface area contributed by atoms with Gasteiger partial charge in [0.25, 0.3) is 0 Å². The highest BCUT2D eigenvalue weighted by molar-refractivity contribution is 5.80. The van der Waals surface area contributed by atoms with Gasteiger partial charge in [-0.25, -0.2) is 9.18 Å². The van der Waals surface area contributed by atoms with Crippen LogP contribution in [0.5, 0.6) is 0 Å². The number of hydrogen-bond donors (Lipinski definition) is 3. The third-order valence-corrected chi connectivity index (χ3v) is 8.96. The van der Waals surface area contributed by atoms with Crippen molar-refractivity contribution < 1.29 is 18.8 Å². The van der Waals surface area contributed by atoms with E-state index < -0.39 is 0 Å². The predicted molar refractivity (Wildman–Crippen MR) is 134 cm³/mol. The minimum absolute atomic E-state index is 0.0130. The van der Waals surface area contributed by atoms with E-state index in [2.05, 4.69) is 16.0 Å². The minimum atomic E-state index is -0.270. The van der Waals surface area contributed by atoms with Crippen molar-refractivity contribution in [3.8, 4) is 0 Å². The zero-order valence-corrected chi connectivity index (χ0v) is 21.3. The first-order valence-corrected chi connectivity index (χ1v) is 13.6. The number of halogens is 1. The number of nitrogens with one attached hydrogen (secondary N) is 3. The number of carbonyl (C=O) groups excluding carboxylic acids is 3. The van der Waals surface area contributed by atoms with Gasteiger partial charge >= 0.3 is 6.03 Å². The highest BCUT2D eigenvalue weighted by atomic mass is 19.1. The molecule has 1 heterocycles. The van der Waals surface area contributed by atoms with Crippen molar-refractivity contribution in [1.82, 2.24) is 20.9 Å². The van der Waals surface area contributed by atoms with E-state index in [1.54, 1.807) is 17.9 Å². The lowest BCUT2D eigenvalue weighted by molar-refractivity contribution is -0.135. The molecule has 7 nitrogen and oxygen atoms in total. The van der Waals surface area contributed by atoms with E-state index in [0.717, 1.165) is 42.6 Å². The highest BCUT2D eigenvalue weighted by Gasteiger charge is 2.51. The second-order valence-corrected chi connectivity index (χ2v) is 11.8. The number of urea groups is 1. The van der Waals surface area contributed by atoms with Gasteiger partial charge in [0.1, 0.15) is 5.82 Å². The third kappa shape index (κ3) is 5.68. The molecule has 0 atom stereocenters. The quantitative estimate of drug-likeness (QED) is 0.536. The molecule has 5 fully saturated rings. The maximum Gasteiger partial charge on any atom is 0.315 e. The second-order valence-electron chi connectivity index (χ2n) is 11.8. The van der Waals surface area contributed by atoms with Crippen LogP contribution in [-0.4, -0.2) is 47.9 Å². The van der Waals surface area contributed by atoms with Crippen molar-refractivity contribution in [3.63, 3.8) is 0 Å². The number of carbonyl (C=O) groups is 3. The number of likely N-dealkylation sites (tertiary alicyclic amines) is 1. The molecular weight excluding hydrogens is 459 g/mol. The van der Waals surface area contributed by atoms with Crippen LogP contribution in [0, 0.1) is 36.4 Å². The fourth-order valence-corrected chi connectivity index (χ4v) is 7.46. The van der Waals surface area contributed by atoms with E-state index in [9.17, 15) is 18.8 Å². The van der Waals surface area contributed by atoms with Crippen LogP contribution in [0.4, 0.5) is 9.18 Å². The summed E-state index contributed by atoms with van der Waals surface area (Å²) in [7, 11) is 0. The summed E-state index contributed by atoms with van der Waals surface area (Å²) in [6, 6.07) is 4.84. The van der Waals surface area contributed by atoms with Crippen LogP contribution >= 0.6 is 0 Å². The maximum absolute atomic E-state index is 13.7. The van der Waals surface area contributed by atoms with E-state index in [4.69, 9.17) is 0 Å². The number of aryl methyl sites for hydroxylation is 1. The van der Waals surface area contributed by atoms with Crippen molar-refractivity contribution in [2.24, 2.45) is 23.7 Å². The zero-order chi connectivity index (χ0) is 25.3. The average molecular weight is 499 g/mol. The Morgan fingerprint density at radius 2 is 1.64 bits per heavy atom. The molecule has 196 valence electrons. The van der Waals surface area contributed by atoms with Crippen molar-refractivity contribution in [1.29, 1.82) is 0 Å². The molecule has 4 amide bonds. The summed E-state index contributed by atoms with van der Waals surface area (Å²) in [6.07, 6.45) is 8.82. The molecule has 4 bridgehead atoms. The molecule has 1 aliphatic heterocycles. The van der Waals surface area contributed by atoms with Crippen molar-refractivity contribution >= 4 is 17.8 Å². The molecule has 0 radical (unpaired) electrons. The van der Waals surface area contributed by atoms with E-state index in [1.807, 2.05) is 6.07 Å². The summed E-state index contributed by atoms with van der Waals surface area (Å²) in [5.41, 5.74) is 1.29. The molecular formula is C28H39FN4O3. The van der Waals surface area contributed by atoms with Gasteiger partial charge in [-0.1, -0.05) is 12.1 Å². The number of nitrogens with zero attached hydrogens (tertiary/aromatic N) is 1. The van der Waals surface area contributed by atoms with Crippen LogP contribution in [0.1, 0.15) is 68.9 Å². The Bertz CT molecular complexity index is 969. The van der Waals surface area contributed by atoms with E-state index in [0.29, 0.717) is 44.6 Å². The molecule has 3 N–H and O–H groups in total. The Morgan fingerprint density at radius 1 is 1.00 bits per heavy atom. The summed E-state index contributed by atoms with van der Waals surface area (Å²) >= 11 is 0. The van der Waals surface area contributed by atoms with Gasteiger partial charge in [-0.05, 0) is 93.2 Å². The Labute approximate surface area is 212 Å². The van der Waals surface area contributed by atoms with Crippen molar-refractivity contribution in [3.05, 3.63) is 35.1 Å². The SMILES string of the molecule is Cc1ccc(CNC(=O)C2CCN(C(=O)CCNC(=O)NC34CC5CC(CC(C5)C3)C4)CC2)cc1F. The molecule has 8 heteroatoms. The van der Waals surface area contributed by atoms with Crippen LogP contribution < -0.4 is 16.0 Å². The fourth-order valence-electron chi connectivity index (χ4n) is 7.46. The molecule has 1 aromatic carbocycles. The monoisotopic (exact) mass is 498 g/mol. The summed E-state index contributed by atoms with van der Waals surface area (Å²) in [5.74, 6) is 1.86. The molecule has 1 saturated heterocycles. The van der Waals surface area contributed by atoms with Gasteiger partial charge < -0.3 is 20.9 Å². The number of hydrogen-bond acceptors (Lipinski definition) is 3. The van der Waals surface area contributed by atoms with Gasteiger partial charge in [0.15, 0.2) is 0 Å². The van der Waals surface area contributed by atoms with E-state index >= 15 is 0 Å². The smallest absolute Gasteiger partial charge is 0.315 e. The van der Waals surface area contributed by atoms with Crippen LogP contribution in [0.2, 0.25) is 0 Å². The molecule has 4 aliphatic carbocycles. The maximum atomic E-state index is 13.7. The molecule has 0 aromatic heterocycles. The third-order valence-electron chi connectivity index (χ3n) is 8.96. The number of benzene rings is 1. The van der Waals surface area contributed by atoms with Crippen LogP contribution in [-0.2, 0) is 16.1 Å². The van der Waals surface area contributed by atoms with Gasteiger partial charge in [-0.15, -0.1) is 0 Å². The molecule has 6 rings (SSSR count). The second kappa shape index (κ2) is 10.4. The summed E-state index contributed by atoms with van der Waals surface area (Å²) in [4.78, 5) is 39.6. The molecule has 0 unspecified atom stereocenters. The Balaban J connectivity index is 0.988. The highest BCUT2D eigenvalue weighted by Crippen LogP contribution is 2.55. The van der Waals surface area contributed by atoms with Gasteiger partial charge in [-0.2, -0.15) is 0 Å². The van der Waals surface area contributed by atoms with Crippen molar-refractivity contribution in [2.45, 2.75) is 76.8 Å². The van der Waals surface area contributed by atoms with E-state index in [-0.39, 0.29) is 41.5 Å². The van der Waals surface area contributed by atoms with Gasteiger partial charge in [0.2, 0.25) is 11.8 Å². The zero-order valence-electron chi connectivity index (χ0n) is 21.3. The van der Waals surface area contributed by atoms with Crippen LogP contribution in [0.25, 0.3) is 0 Å². The fraction of sp³-hybridized carbons (Fsp3) is 0.679. The summed E-state index contributed by atoms with van der Waals surface area (Å²) < 4.78 is 13.7. The van der Waals surface area contributed by atoms with Gasteiger partial charge in [0.05, 0.1) is 0 Å². The Kier molecular flexibility index (Phi) is 7.22. The molecule has 0 spiro atoms. The molecule has 4 saturated carbocycles. The first kappa shape index (κ1) is 25.0. The number of rotatable bonds is 7. The topological polar surface area (TPSA) is 90.5 Å². The Hall–Kier alpha value is -2.64. The predicted octanol–water partition coefficient (Wildman–Crippen LogP) is 3.65. The lowest BCUT2D eigenvalue weighted by Crippen LogP contribution is -2.61. The normalized spacial score (nSPS) is 29.2. The van der Waals surface area contributed by atoms with Crippen LogP contribution in [0.15, 0.2) is 18.2 Å². The minimum Gasteiger partial charge on any atom is -0.352 e. The standard InChI is InChI=1S/C28H39FN4O3/c1-18-2-3-19(13-24(18)29)17-31-26(35)23-5-8-33(9-6-23)25(34)4-7-30-27(36)32-28-14-20-10-21(15-28)12-22(11-20)16-28/h2-3,13,20-23H,4-12,14-17H2,1H3,(H,31,35)(H2,30,32,36). The largest absolute Gasteiger partial charge is 0.352 e. The molecule has 5 aliphatic rings. The summed E-state index contributed by atoms with van der Waals surface area (Å²) in [5, 5.41) is 9.09. The average Bonchev–Trinajstić information content (AvgIpc) is 2.83. The van der Waals surface area contributed by atoms with Gasteiger partial charge in [0, 0.05) is 44.1 Å². The van der Waals surface area contributed by atoms with E-state index in [1.165, 1.54) is 25.3 Å². The first-order chi connectivity index (χ1) is 17.3. The van der Waals surface area contributed by atoms with Crippen molar-refractivity contribution in [2.75, 3.05) is 19.6 Å². The Morgan fingerprint density at radius 3 is 2.25 bits per heavy atom.